The molecule has 1 unspecified atom stereocenters. The molecule has 5 rings (SSSR count). The topological polar surface area (TPSA) is 65.1 Å². The van der Waals surface area contributed by atoms with Crippen molar-refractivity contribution in [2.75, 3.05) is 33.9 Å². The predicted molar refractivity (Wildman–Crippen MR) is 115 cm³/mol. The Morgan fingerprint density at radius 1 is 0.968 bits per heavy atom. The van der Waals surface area contributed by atoms with Crippen LogP contribution in [0, 0.1) is 0 Å². The van der Waals surface area contributed by atoms with Crippen molar-refractivity contribution in [2.24, 2.45) is 0 Å². The molecule has 0 saturated heterocycles. The molecule has 0 fully saturated rings. The van der Waals surface area contributed by atoms with E-state index in [4.69, 9.17) is 9.47 Å². The number of ether oxygens (including phenoxy) is 2. The maximum Gasteiger partial charge on any atom is 0.250 e. The number of amides is 1. The van der Waals surface area contributed by atoms with Gasteiger partial charge in [0.2, 0.25) is 5.91 Å². The molecule has 0 N–H and O–H groups in total. The average Bonchev–Trinajstić information content (AvgIpc) is 2.81. The van der Waals surface area contributed by atoms with Gasteiger partial charge < -0.3 is 19.5 Å². The first-order valence-corrected chi connectivity index (χ1v) is 10.8. The highest BCUT2D eigenvalue weighted by Gasteiger charge is 2.35. The summed E-state index contributed by atoms with van der Waals surface area (Å²) >= 11 is 0. The van der Waals surface area contributed by atoms with Gasteiger partial charge in [0, 0.05) is 37.8 Å². The smallest absolute Gasteiger partial charge is 0.250 e. The number of carbonyl (C=O) groups is 1. The van der Waals surface area contributed by atoms with Crippen LogP contribution in [0.1, 0.15) is 34.7 Å². The Kier molecular flexibility index (Phi) is 5.10. The number of hydrogen-bond donors (Lipinski definition) is 0. The first kappa shape index (κ1) is 19.9. The van der Waals surface area contributed by atoms with Gasteiger partial charge >= 0.3 is 0 Å². The van der Waals surface area contributed by atoms with Crippen LogP contribution < -0.4 is 14.6 Å². The Hall–Kier alpha value is -2.99. The fraction of sp³-hybridized carbons (Fsp3) is 0.400. The van der Waals surface area contributed by atoms with E-state index in [1.54, 1.807) is 14.2 Å². The van der Waals surface area contributed by atoms with E-state index in [9.17, 15) is 9.90 Å². The Morgan fingerprint density at radius 2 is 1.68 bits per heavy atom. The van der Waals surface area contributed by atoms with E-state index in [2.05, 4.69) is 17.0 Å². The molecule has 0 spiro atoms. The molecule has 1 amide bonds. The minimum absolute atomic E-state index is 0.0188. The molecule has 6 nitrogen and oxygen atoms in total. The average molecular weight is 420 g/mol. The first-order valence-electron chi connectivity index (χ1n) is 10.8. The molecule has 0 radical (unpaired) electrons. The highest BCUT2D eigenvalue weighted by molar-refractivity contribution is 5.94. The van der Waals surface area contributed by atoms with Crippen LogP contribution in [0.4, 0.5) is 0 Å². The van der Waals surface area contributed by atoms with E-state index >= 15 is 0 Å². The molecule has 3 aliphatic heterocycles. The zero-order valence-corrected chi connectivity index (χ0v) is 18.0. The summed E-state index contributed by atoms with van der Waals surface area (Å²) in [5.74, 6) is 1.25. The number of rotatable bonds is 3. The standard InChI is InChI=1S/C25H28N2O4/c1-30-23-11-17-8-9-26-15-20(22(28)13-21(26)19(17)12-24(23)31-2)25(29)27-10-7-16-5-3-4-6-18(16)14-27/h3-6,11-12,21,28H,7-10,13-15H2,1-2H3/p-1. The summed E-state index contributed by atoms with van der Waals surface area (Å²) in [6.45, 7) is 2.47. The number of nitrogens with zero attached hydrogens (tertiary/aromatic N) is 2. The molecular weight excluding hydrogens is 392 g/mol. The number of carbonyl (C=O) groups excluding carboxylic acids is 1. The summed E-state index contributed by atoms with van der Waals surface area (Å²) in [5.41, 5.74) is 5.20. The van der Waals surface area contributed by atoms with Gasteiger partial charge in [-0.2, -0.15) is 0 Å². The van der Waals surface area contributed by atoms with Gasteiger partial charge in [-0.25, -0.2) is 0 Å². The second-order valence-electron chi connectivity index (χ2n) is 8.49. The molecule has 6 heteroatoms. The van der Waals surface area contributed by atoms with Crippen molar-refractivity contribution in [2.45, 2.75) is 31.8 Å². The van der Waals surface area contributed by atoms with Gasteiger partial charge in [0.05, 0.1) is 14.2 Å². The number of fused-ring (bicyclic) bond motifs is 4. The molecule has 2 aromatic carbocycles. The van der Waals surface area contributed by atoms with Crippen molar-refractivity contribution in [3.05, 3.63) is 70.0 Å². The van der Waals surface area contributed by atoms with Crippen LogP contribution in [0.25, 0.3) is 0 Å². The van der Waals surface area contributed by atoms with Crippen molar-refractivity contribution in [3.8, 4) is 11.5 Å². The van der Waals surface area contributed by atoms with Gasteiger partial charge in [-0.1, -0.05) is 24.3 Å². The van der Waals surface area contributed by atoms with Crippen LogP contribution >= 0.6 is 0 Å². The lowest BCUT2D eigenvalue weighted by molar-refractivity contribution is -0.312. The fourth-order valence-corrected chi connectivity index (χ4v) is 5.15. The molecule has 3 aliphatic rings. The monoisotopic (exact) mass is 419 g/mol. The van der Waals surface area contributed by atoms with Gasteiger partial charge in [0.25, 0.3) is 0 Å². The molecule has 0 aliphatic carbocycles. The highest BCUT2D eigenvalue weighted by atomic mass is 16.5. The Bertz CT molecular complexity index is 1060. The molecular formula is C25H27N2O4-. The van der Waals surface area contributed by atoms with Crippen molar-refractivity contribution in [3.63, 3.8) is 0 Å². The zero-order valence-electron chi connectivity index (χ0n) is 18.0. The maximum atomic E-state index is 13.3. The first-order chi connectivity index (χ1) is 15.1. The van der Waals surface area contributed by atoms with Gasteiger partial charge in [0.15, 0.2) is 11.5 Å². The Morgan fingerprint density at radius 3 is 2.45 bits per heavy atom. The molecule has 0 saturated carbocycles. The van der Waals surface area contributed by atoms with E-state index in [0.717, 1.165) is 24.9 Å². The summed E-state index contributed by atoms with van der Waals surface area (Å²) in [6, 6.07) is 12.2. The van der Waals surface area contributed by atoms with Gasteiger partial charge in [-0.15, -0.1) is 5.76 Å². The number of benzene rings is 2. The number of hydrogen-bond acceptors (Lipinski definition) is 5. The predicted octanol–water partition coefficient (Wildman–Crippen LogP) is 2.21. The van der Waals surface area contributed by atoms with Crippen molar-refractivity contribution < 1.29 is 19.4 Å². The maximum absolute atomic E-state index is 13.3. The highest BCUT2D eigenvalue weighted by Crippen LogP contribution is 2.42. The summed E-state index contributed by atoms with van der Waals surface area (Å²) < 4.78 is 10.9. The van der Waals surface area contributed by atoms with Crippen molar-refractivity contribution >= 4 is 5.91 Å². The molecule has 162 valence electrons. The largest absolute Gasteiger partial charge is 0.875 e. The van der Waals surface area contributed by atoms with Gasteiger partial charge in [0.1, 0.15) is 0 Å². The second kappa shape index (κ2) is 7.93. The normalized spacial score (nSPS) is 20.6. The van der Waals surface area contributed by atoms with Crippen LogP contribution in [-0.2, 0) is 24.2 Å². The fourth-order valence-electron chi connectivity index (χ4n) is 5.15. The molecule has 3 heterocycles. The van der Waals surface area contributed by atoms with Crippen LogP contribution in [0.5, 0.6) is 11.5 Å². The SMILES string of the molecule is COc1cc2c(cc1OC)C1CC([O-])=C(C(=O)N3CCc4ccccc4C3)CN1CC2. The lowest BCUT2D eigenvalue weighted by Crippen LogP contribution is -2.46. The van der Waals surface area contributed by atoms with E-state index in [1.807, 2.05) is 29.2 Å². The Labute approximate surface area is 182 Å². The molecule has 31 heavy (non-hydrogen) atoms. The third kappa shape index (κ3) is 3.45. The van der Waals surface area contributed by atoms with E-state index in [1.165, 1.54) is 16.7 Å². The van der Waals surface area contributed by atoms with Crippen molar-refractivity contribution in [1.29, 1.82) is 0 Å². The third-order valence-electron chi connectivity index (χ3n) is 6.87. The summed E-state index contributed by atoms with van der Waals surface area (Å²) in [6.07, 6.45) is 2.03. The summed E-state index contributed by atoms with van der Waals surface area (Å²) in [5, 5.41) is 13.1. The van der Waals surface area contributed by atoms with Gasteiger partial charge in [-0.05, 0) is 53.6 Å². The number of methoxy groups -OCH3 is 2. The molecule has 2 aromatic rings. The van der Waals surface area contributed by atoms with Crippen LogP contribution in [0.2, 0.25) is 0 Å². The van der Waals surface area contributed by atoms with Crippen LogP contribution in [0.15, 0.2) is 47.7 Å². The molecule has 0 aromatic heterocycles. The van der Waals surface area contributed by atoms with E-state index in [-0.39, 0.29) is 17.7 Å². The second-order valence-corrected chi connectivity index (χ2v) is 8.49. The molecule has 1 atom stereocenters. The minimum atomic E-state index is -0.101. The van der Waals surface area contributed by atoms with E-state index < -0.39 is 0 Å². The van der Waals surface area contributed by atoms with Crippen LogP contribution in [-0.4, -0.2) is 49.6 Å². The van der Waals surface area contributed by atoms with Crippen molar-refractivity contribution in [1.82, 2.24) is 9.80 Å². The lowest BCUT2D eigenvalue weighted by atomic mass is 9.86. The van der Waals surface area contributed by atoms with Crippen LogP contribution in [0.3, 0.4) is 0 Å². The lowest BCUT2D eigenvalue weighted by Gasteiger charge is -2.44. The summed E-state index contributed by atoms with van der Waals surface area (Å²) in [7, 11) is 3.26. The van der Waals surface area contributed by atoms with E-state index in [0.29, 0.717) is 43.1 Å². The zero-order chi connectivity index (χ0) is 21.5. The van der Waals surface area contributed by atoms with Gasteiger partial charge in [-0.3, -0.25) is 9.69 Å². The Balaban J connectivity index is 1.40. The third-order valence-corrected chi connectivity index (χ3v) is 6.87. The summed E-state index contributed by atoms with van der Waals surface area (Å²) in [4.78, 5) is 17.4. The minimum Gasteiger partial charge on any atom is -0.875 e. The quantitative estimate of drug-likeness (QED) is 0.763. The molecule has 0 bridgehead atoms.